The van der Waals surface area contributed by atoms with E-state index >= 15 is 0 Å². The third kappa shape index (κ3) is 5.36. The highest BCUT2D eigenvalue weighted by molar-refractivity contribution is 9.10. The summed E-state index contributed by atoms with van der Waals surface area (Å²) in [5, 5.41) is 9.71. The Balaban J connectivity index is 2.83. The molecular weight excluding hydrogens is 337 g/mol. The van der Waals surface area contributed by atoms with E-state index in [1.807, 2.05) is 0 Å². The standard InChI is InChI=1S/C10H15BrN3O4P/c1-6(2)5-7(19(16,17)18)10(15)12-9-4-3-8(11)13-14-9/h3-4,6-7H,5H2,1-2H3,(H,12,14,15)(H2,16,17,18). The quantitative estimate of drug-likeness (QED) is 0.697. The maximum Gasteiger partial charge on any atom is 0.337 e. The molecule has 0 radical (unpaired) electrons. The van der Waals surface area contributed by atoms with Crippen LogP contribution in [0.1, 0.15) is 20.3 Å². The number of carbonyl (C=O) groups excluding carboxylic acids is 1. The molecule has 0 saturated carbocycles. The van der Waals surface area contributed by atoms with Crippen LogP contribution in [0, 0.1) is 5.92 Å². The van der Waals surface area contributed by atoms with E-state index in [-0.39, 0.29) is 18.2 Å². The van der Waals surface area contributed by atoms with Crippen molar-refractivity contribution in [2.45, 2.75) is 25.9 Å². The third-order valence-electron chi connectivity index (χ3n) is 2.29. The fraction of sp³-hybridized carbons (Fsp3) is 0.500. The van der Waals surface area contributed by atoms with Gasteiger partial charge in [-0.25, -0.2) is 0 Å². The number of rotatable bonds is 5. The van der Waals surface area contributed by atoms with Gasteiger partial charge in [0.25, 0.3) is 0 Å². The van der Waals surface area contributed by atoms with Gasteiger partial charge in [-0.1, -0.05) is 13.8 Å². The molecule has 19 heavy (non-hydrogen) atoms. The van der Waals surface area contributed by atoms with Gasteiger partial charge >= 0.3 is 7.60 Å². The van der Waals surface area contributed by atoms with E-state index in [4.69, 9.17) is 0 Å². The summed E-state index contributed by atoms with van der Waals surface area (Å²) in [6.45, 7) is 3.57. The minimum absolute atomic E-state index is 0.0145. The van der Waals surface area contributed by atoms with E-state index in [1.54, 1.807) is 19.9 Å². The van der Waals surface area contributed by atoms with Crippen LogP contribution in [0.4, 0.5) is 5.82 Å². The average molecular weight is 352 g/mol. The second-order valence-electron chi connectivity index (χ2n) is 4.46. The summed E-state index contributed by atoms with van der Waals surface area (Å²) in [5.74, 6) is -0.617. The van der Waals surface area contributed by atoms with Gasteiger partial charge < -0.3 is 15.1 Å². The zero-order valence-corrected chi connectivity index (χ0v) is 12.9. The topological polar surface area (TPSA) is 112 Å². The fourth-order valence-corrected chi connectivity index (χ4v) is 2.71. The molecule has 9 heteroatoms. The van der Waals surface area contributed by atoms with Gasteiger partial charge in [-0.3, -0.25) is 9.36 Å². The zero-order valence-electron chi connectivity index (χ0n) is 10.4. The van der Waals surface area contributed by atoms with Crippen molar-refractivity contribution in [3.63, 3.8) is 0 Å². The Morgan fingerprint density at radius 2 is 2.05 bits per heavy atom. The smallest absolute Gasteiger partial charge is 0.324 e. The van der Waals surface area contributed by atoms with Gasteiger partial charge in [0.1, 0.15) is 10.3 Å². The number of aromatic nitrogens is 2. The lowest BCUT2D eigenvalue weighted by molar-refractivity contribution is -0.116. The molecule has 7 nitrogen and oxygen atoms in total. The van der Waals surface area contributed by atoms with E-state index in [0.717, 1.165) is 0 Å². The molecule has 0 aliphatic heterocycles. The number of hydrogen-bond donors (Lipinski definition) is 3. The first kappa shape index (κ1) is 16.2. The van der Waals surface area contributed by atoms with Crippen LogP contribution in [0.3, 0.4) is 0 Å². The van der Waals surface area contributed by atoms with Crippen molar-refractivity contribution in [1.82, 2.24) is 10.2 Å². The lowest BCUT2D eigenvalue weighted by atomic mass is 10.1. The van der Waals surface area contributed by atoms with Crippen molar-refractivity contribution in [2.75, 3.05) is 5.32 Å². The van der Waals surface area contributed by atoms with E-state index in [0.29, 0.717) is 4.60 Å². The summed E-state index contributed by atoms with van der Waals surface area (Å²) in [5.41, 5.74) is -1.38. The highest BCUT2D eigenvalue weighted by Crippen LogP contribution is 2.44. The second kappa shape index (κ2) is 6.56. The SMILES string of the molecule is CC(C)CC(C(=O)Nc1ccc(Br)nn1)P(=O)(O)O. The maximum atomic E-state index is 11.9. The molecule has 0 fully saturated rings. The van der Waals surface area contributed by atoms with Crippen LogP contribution >= 0.6 is 23.5 Å². The number of nitrogens with one attached hydrogen (secondary N) is 1. The van der Waals surface area contributed by atoms with Crippen LogP contribution in [-0.2, 0) is 9.36 Å². The summed E-state index contributed by atoms with van der Waals surface area (Å²) in [6.07, 6.45) is 0.0973. The third-order valence-corrected chi connectivity index (χ3v) is 3.97. The Morgan fingerprint density at radius 1 is 1.42 bits per heavy atom. The highest BCUT2D eigenvalue weighted by atomic mass is 79.9. The Labute approximate surface area is 119 Å². The van der Waals surface area contributed by atoms with Crippen molar-refractivity contribution in [1.29, 1.82) is 0 Å². The van der Waals surface area contributed by atoms with Crippen molar-refractivity contribution in [3.05, 3.63) is 16.7 Å². The molecule has 3 N–H and O–H groups in total. The van der Waals surface area contributed by atoms with Gasteiger partial charge in [0.2, 0.25) is 5.91 Å². The lowest BCUT2D eigenvalue weighted by Gasteiger charge is -2.19. The van der Waals surface area contributed by atoms with E-state index in [2.05, 4.69) is 31.4 Å². The van der Waals surface area contributed by atoms with E-state index in [9.17, 15) is 19.1 Å². The largest absolute Gasteiger partial charge is 0.337 e. The van der Waals surface area contributed by atoms with Crippen molar-refractivity contribution in [2.24, 2.45) is 5.92 Å². The second-order valence-corrected chi connectivity index (χ2v) is 7.08. The first-order chi connectivity index (χ1) is 8.70. The molecule has 1 heterocycles. The van der Waals surface area contributed by atoms with Gasteiger partial charge in [-0.05, 0) is 40.4 Å². The maximum absolute atomic E-state index is 11.9. The number of carbonyl (C=O) groups is 1. The summed E-state index contributed by atoms with van der Waals surface area (Å²) in [7, 11) is -4.50. The average Bonchev–Trinajstić information content (AvgIpc) is 2.27. The molecule has 1 amide bonds. The minimum Gasteiger partial charge on any atom is -0.324 e. The lowest BCUT2D eigenvalue weighted by Crippen LogP contribution is -2.29. The molecule has 0 aliphatic rings. The van der Waals surface area contributed by atoms with Crippen LogP contribution in [0.15, 0.2) is 16.7 Å². The normalized spacial score (nSPS) is 13.4. The summed E-state index contributed by atoms with van der Waals surface area (Å²) in [6, 6.07) is 3.05. The number of halogens is 1. The molecule has 0 aliphatic carbocycles. The summed E-state index contributed by atoms with van der Waals surface area (Å²) >= 11 is 3.09. The van der Waals surface area contributed by atoms with Gasteiger partial charge in [0.05, 0.1) is 0 Å². The van der Waals surface area contributed by atoms with Gasteiger partial charge in [-0.2, -0.15) is 0 Å². The molecule has 106 valence electrons. The molecule has 0 spiro atoms. The predicted molar refractivity (Wildman–Crippen MR) is 73.6 cm³/mol. The van der Waals surface area contributed by atoms with Crippen molar-refractivity contribution < 1.29 is 19.1 Å². The first-order valence-electron chi connectivity index (χ1n) is 5.55. The Hall–Kier alpha value is -0.820. The molecule has 0 saturated heterocycles. The monoisotopic (exact) mass is 351 g/mol. The van der Waals surface area contributed by atoms with Gasteiger partial charge in [0.15, 0.2) is 5.82 Å². The molecule has 1 rings (SSSR count). The fourth-order valence-electron chi connectivity index (χ4n) is 1.44. The zero-order chi connectivity index (χ0) is 14.6. The van der Waals surface area contributed by atoms with Crippen LogP contribution in [0.5, 0.6) is 0 Å². The van der Waals surface area contributed by atoms with E-state index in [1.165, 1.54) is 6.07 Å². The molecule has 1 aromatic heterocycles. The van der Waals surface area contributed by atoms with Crippen LogP contribution in [0.25, 0.3) is 0 Å². The number of nitrogens with zero attached hydrogens (tertiary/aromatic N) is 2. The minimum atomic E-state index is -4.50. The van der Waals surface area contributed by atoms with Gasteiger partial charge in [0, 0.05) is 0 Å². The van der Waals surface area contributed by atoms with E-state index < -0.39 is 19.2 Å². The van der Waals surface area contributed by atoms with Crippen molar-refractivity contribution in [3.8, 4) is 0 Å². The highest BCUT2D eigenvalue weighted by Gasteiger charge is 2.36. The van der Waals surface area contributed by atoms with Crippen LogP contribution in [0.2, 0.25) is 0 Å². The van der Waals surface area contributed by atoms with Crippen LogP contribution in [-0.4, -0.2) is 31.6 Å². The molecule has 0 bridgehead atoms. The Bertz CT molecular complexity index is 488. The first-order valence-corrected chi connectivity index (χ1v) is 8.03. The molecule has 1 atom stereocenters. The molecule has 0 aromatic carbocycles. The summed E-state index contributed by atoms with van der Waals surface area (Å²) < 4.78 is 11.8. The molecule has 1 unspecified atom stereocenters. The Kier molecular flexibility index (Phi) is 5.61. The Morgan fingerprint density at radius 3 is 2.47 bits per heavy atom. The molecule has 1 aromatic rings. The van der Waals surface area contributed by atoms with Crippen LogP contribution < -0.4 is 5.32 Å². The van der Waals surface area contributed by atoms with Gasteiger partial charge in [-0.15, -0.1) is 10.2 Å². The number of hydrogen-bond acceptors (Lipinski definition) is 4. The van der Waals surface area contributed by atoms with Crippen molar-refractivity contribution >= 4 is 35.3 Å². The number of amides is 1. The molecular formula is C10H15BrN3O4P. The number of anilines is 1. The summed E-state index contributed by atoms with van der Waals surface area (Å²) in [4.78, 5) is 30.3. The predicted octanol–water partition coefficient (Wildman–Crippen LogP) is 1.77.